The highest BCUT2D eigenvalue weighted by molar-refractivity contribution is 6.31. The Kier molecular flexibility index (Phi) is 8.69. The van der Waals surface area contributed by atoms with Crippen LogP contribution in [0.4, 0.5) is 0 Å². The molecule has 0 radical (unpaired) electrons. The van der Waals surface area contributed by atoms with Gasteiger partial charge in [-0.3, -0.25) is 14.3 Å². The highest BCUT2D eigenvalue weighted by Crippen LogP contribution is 2.21. The van der Waals surface area contributed by atoms with Crippen molar-refractivity contribution in [3.63, 3.8) is 0 Å². The van der Waals surface area contributed by atoms with E-state index in [1.54, 1.807) is 10.8 Å². The number of amides is 2. The van der Waals surface area contributed by atoms with Crippen LogP contribution in [0.3, 0.4) is 0 Å². The zero-order chi connectivity index (χ0) is 19.0. The van der Waals surface area contributed by atoms with Crippen LogP contribution in [-0.4, -0.2) is 45.6 Å². The third kappa shape index (κ3) is 6.53. The number of halogens is 1. The molecule has 0 aliphatic rings. The van der Waals surface area contributed by atoms with Gasteiger partial charge in [0.05, 0.1) is 12.2 Å². The lowest BCUT2D eigenvalue weighted by Gasteiger charge is -2.19. The molecule has 1 aromatic heterocycles. The third-order valence-corrected chi connectivity index (χ3v) is 4.10. The average molecular weight is 369 g/mol. The number of unbranched alkanes of at least 4 members (excludes halogenated alkanes) is 1. The van der Waals surface area contributed by atoms with E-state index in [1.807, 2.05) is 27.7 Å². The monoisotopic (exact) mass is 368 g/mol. The molecule has 6 nitrogen and oxygen atoms in total. The molecule has 0 atom stereocenters. The molecule has 0 bridgehead atoms. The maximum absolute atomic E-state index is 12.4. The van der Waals surface area contributed by atoms with Crippen LogP contribution in [0.15, 0.2) is 6.08 Å². The van der Waals surface area contributed by atoms with Crippen LogP contribution in [0.1, 0.15) is 51.8 Å². The van der Waals surface area contributed by atoms with Crippen molar-refractivity contribution in [1.29, 1.82) is 0 Å². The Labute approximate surface area is 155 Å². The first-order valence-electron chi connectivity index (χ1n) is 8.79. The molecule has 1 heterocycles. The number of hydrogen-bond donors (Lipinski definition) is 1. The summed E-state index contributed by atoms with van der Waals surface area (Å²) in [6.45, 7) is 10.8. The summed E-state index contributed by atoms with van der Waals surface area (Å²) in [6.07, 6.45) is 5.19. The number of likely N-dealkylation sites (N-methyl/N-ethyl adjacent to an activating group) is 1. The minimum atomic E-state index is -0.224. The van der Waals surface area contributed by atoms with E-state index < -0.39 is 0 Å². The number of carbonyl (C=O) groups is 2. The molecule has 0 unspecified atom stereocenters. The van der Waals surface area contributed by atoms with E-state index >= 15 is 0 Å². The van der Waals surface area contributed by atoms with Gasteiger partial charge < -0.3 is 10.2 Å². The fraction of sp³-hybridized carbons (Fsp3) is 0.611. The molecule has 1 rings (SSSR count). The standard InChI is InChI=1S/C18H29ClN4O2/c1-6-8-11-23-18(19)15(14(5)21-23)9-10-17(25)22(7-2)12-16(24)20-13(3)4/h9-10,13H,6-8,11-12H2,1-5H3,(H,20,24)/b10-9+. The lowest BCUT2D eigenvalue weighted by atomic mass is 10.2. The van der Waals surface area contributed by atoms with E-state index in [-0.39, 0.29) is 24.4 Å². The van der Waals surface area contributed by atoms with E-state index in [2.05, 4.69) is 17.3 Å². The summed E-state index contributed by atoms with van der Waals surface area (Å²) in [5.41, 5.74) is 1.53. The second-order valence-electron chi connectivity index (χ2n) is 6.27. The maximum Gasteiger partial charge on any atom is 0.247 e. The van der Waals surface area contributed by atoms with Crippen LogP contribution in [0.25, 0.3) is 6.08 Å². The largest absolute Gasteiger partial charge is 0.352 e. The van der Waals surface area contributed by atoms with Crippen molar-refractivity contribution in [1.82, 2.24) is 20.0 Å². The van der Waals surface area contributed by atoms with Gasteiger partial charge in [-0.05, 0) is 40.2 Å². The zero-order valence-electron chi connectivity index (χ0n) is 15.8. The molecule has 2 amide bonds. The molecule has 0 spiro atoms. The highest BCUT2D eigenvalue weighted by atomic mass is 35.5. The lowest BCUT2D eigenvalue weighted by molar-refractivity contribution is -0.132. The summed E-state index contributed by atoms with van der Waals surface area (Å²) in [4.78, 5) is 25.7. The topological polar surface area (TPSA) is 67.2 Å². The first-order valence-corrected chi connectivity index (χ1v) is 9.17. The minimum Gasteiger partial charge on any atom is -0.352 e. The number of rotatable bonds is 9. The average Bonchev–Trinajstić information content (AvgIpc) is 2.81. The maximum atomic E-state index is 12.4. The van der Waals surface area contributed by atoms with Gasteiger partial charge in [-0.1, -0.05) is 24.9 Å². The summed E-state index contributed by atoms with van der Waals surface area (Å²) in [5, 5.41) is 7.74. The summed E-state index contributed by atoms with van der Waals surface area (Å²) >= 11 is 6.36. The Morgan fingerprint density at radius 3 is 2.60 bits per heavy atom. The van der Waals surface area contributed by atoms with Crippen molar-refractivity contribution < 1.29 is 9.59 Å². The van der Waals surface area contributed by atoms with Crippen LogP contribution < -0.4 is 5.32 Å². The molecule has 7 heteroatoms. The summed E-state index contributed by atoms with van der Waals surface area (Å²) < 4.78 is 1.76. The molecule has 0 saturated heterocycles. The van der Waals surface area contributed by atoms with Crippen molar-refractivity contribution in [2.24, 2.45) is 0 Å². The van der Waals surface area contributed by atoms with Crippen molar-refractivity contribution in [3.8, 4) is 0 Å². The van der Waals surface area contributed by atoms with E-state index in [4.69, 9.17) is 11.6 Å². The Hall–Kier alpha value is -1.82. The van der Waals surface area contributed by atoms with Crippen molar-refractivity contribution >= 4 is 29.5 Å². The Morgan fingerprint density at radius 1 is 1.36 bits per heavy atom. The quantitative estimate of drug-likeness (QED) is 0.681. The fourth-order valence-electron chi connectivity index (χ4n) is 2.36. The highest BCUT2D eigenvalue weighted by Gasteiger charge is 2.15. The first-order chi connectivity index (χ1) is 11.8. The molecule has 0 aliphatic carbocycles. The SMILES string of the molecule is CCCCn1nc(C)c(/C=C/C(=O)N(CC)CC(=O)NC(C)C)c1Cl. The number of carbonyl (C=O) groups excluding carboxylic acids is 2. The van der Waals surface area contributed by atoms with Gasteiger partial charge in [0.15, 0.2) is 0 Å². The van der Waals surface area contributed by atoms with Gasteiger partial charge >= 0.3 is 0 Å². The van der Waals surface area contributed by atoms with Crippen molar-refractivity contribution in [2.75, 3.05) is 13.1 Å². The molecule has 25 heavy (non-hydrogen) atoms. The van der Waals surface area contributed by atoms with Crippen molar-refractivity contribution in [2.45, 2.75) is 60.0 Å². The predicted molar refractivity (Wildman–Crippen MR) is 101 cm³/mol. The summed E-state index contributed by atoms with van der Waals surface area (Å²) in [7, 11) is 0. The Balaban J connectivity index is 2.80. The van der Waals surface area contributed by atoms with E-state index in [1.165, 1.54) is 11.0 Å². The molecular weight excluding hydrogens is 340 g/mol. The van der Waals surface area contributed by atoms with E-state index in [0.29, 0.717) is 11.7 Å². The Morgan fingerprint density at radius 2 is 2.04 bits per heavy atom. The van der Waals surface area contributed by atoms with Crippen LogP contribution in [-0.2, 0) is 16.1 Å². The fourth-order valence-corrected chi connectivity index (χ4v) is 2.68. The second kappa shape index (κ2) is 10.2. The van der Waals surface area contributed by atoms with Crippen LogP contribution in [0, 0.1) is 6.92 Å². The molecule has 0 aliphatic heterocycles. The molecule has 140 valence electrons. The zero-order valence-corrected chi connectivity index (χ0v) is 16.6. The molecule has 1 N–H and O–H groups in total. The minimum absolute atomic E-state index is 0.0420. The first kappa shape index (κ1) is 21.2. The summed E-state index contributed by atoms with van der Waals surface area (Å²) in [6, 6.07) is 0.0484. The van der Waals surface area contributed by atoms with Crippen LogP contribution in [0.2, 0.25) is 5.15 Å². The van der Waals surface area contributed by atoms with E-state index in [0.717, 1.165) is 30.6 Å². The molecule has 0 fully saturated rings. The van der Waals surface area contributed by atoms with Gasteiger partial charge in [-0.2, -0.15) is 5.10 Å². The molecule has 0 aromatic carbocycles. The van der Waals surface area contributed by atoms with Crippen LogP contribution in [0.5, 0.6) is 0 Å². The molecule has 0 saturated carbocycles. The smallest absolute Gasteiger partial charge is 0.247 e. The van der Waals surface area contributed by atoms with E-state index in [9.17, 15) is 9.59 Å². The summed E-state index contributed by atoms with van der Waals surface area (Å²) in [5.74, 6) is -0.390. The number of aryl methyl sites for hydroxylation is 2. The van der Waals surface area contributed by atoms with Gasteiger partial charge in [-0.15, -0.1) is 0 Å². The third-order valence-electron chi connectivity index (χ3n) is 3.70. The normalized spacial score (nSPS) is 11.3. The van der Waals surface area contributed by atoms with Gasteiger partial charge in [0.25, 0.3) is 0 Å². The second-order valence-corrected chi connectivity index (χ2v) is 6.63. The van der Waals surface area contributed by atoms with Crippen molar-refractivity contribution in [3.05, 3.63) is 22.5 Å². The predicted octanol–water partition coefficient (Wildman–Crippen LogP) is 3.03. The number of nitrogens with one attached hydrogen (secondary N) is 1. The molecular formula is C18H29ClN4O2. The number of aromatic nitrogens is 2. The number of nitrogens with zero attached hydrogens (tertiary/aromatic N) is 3. The lowest BCUT2D eigenvalue weighted by Crippen LogP contribution is -2.42. The van der Waals surface area contributed by atoms with Gasteiger partial charge in [0.2, 0.25) is 11.8 Å². The number of hydrogen-bond acceptors (Lipinski definition) is 3. The molecule has 1 aromatic rings. The van der Waals surface area contributed by atoms with Gasteiger partial charge in [-0.25, -0.2) is 0 Å². The van der Waals surface area contributed by atoms with Gasteiger partial charge in [0, 0.05) is 30.8 Å². The van der Waals surface area contributed by atoms with Crippen LogP contribution >= 0.6 is 11.6 Å². The van der Waals surface area contributed by atoms with Gasteiger partial charge in [0.1, 0.15) is 5.15 Å². The Bertz CT molecular complexity index is 623.